The number of benzene rings is 1. The van der Waals surface area contributed by atoms with Crippen LogP contribution in [0.2, 0.25) is 0 Å². The van der Waals surface area contributed by atoms with E-state index in [0.717, 1.165) is 42.4 Å². The van der Waals surface area contributed by atoms with Crippen molar-refractivity contribution in [1.82, 2.24) is 14.9 Å². The summed E-state index contributed by atoms with van der Waals surface area (Å²) in [5, 5.41) is 3.82. The molecule has 34 heavy (non-hydrogen) atoms. The molecule has 1 N–H and O–H groups in total. The molecule has 7 nitrogen and oxygen atoms in total. The number of hydrogen-bond donors (Lipinski definition) is 1. The SMILES string of the molecule is O=C(NCc1ccco1)c1sc(N2CC3CC(C2)c2cccc(=O)n2C3)nc1-c1ccccc1. The number of pyridine rings is 1. The highest BCUT2D eigenvalue weighted by Gasteiger charge is 2.36. The number of carbonyl (C=O) groups is 1. The number of anilines is 1. The fourth-order valence-corrected chi connectivity index (χ4v) is 6.13. The molecular formula is C26H24N4O3S. The molecule has 3 aromatic heterocycles. The molecule has 1 aromatic carbocycles. The van der Waals surface area contributed by atoms with Gasteiger partial charge in [0.1, 0.15) is 10.6 Å². The zero-order chi connectivity index (χ0) is 23.1. The molecule has 0 saturated carbocycles. The number of piperidine rings is 1. The van der Waals surface area contributed by atoms with Gasteiger partial charge >= 0.3 is 0 Å². The summed E-state index contributed by atoms with van der Waals surface area (Å²) in [5.41, 5.74) is 2.80. The zero-order valence-electron chi connectivity index (χ0n) is 18.5. The summed E-state index contributed by atoms with van der Waals surface area (Å²) in [4.78, 5) is 33.4. The van der Waals surface area contributed by atoms with Crippen LogP contribution in [0.5, 0.6) is 0 Å². The summed E-state index contributed by atoms with van der Waals surface area (Å²) in [6.07, 6.45) is 2.68. The van der Waals surface area contributed by atoms with Gasteiger partial charge in [-0.2, -0.15) is 0 Å². The summed E-state index contributed by atoms with van der Waals surface area (Å²) >= 11 is 1.43. The van der Waals surface area contributed by atoms with Gasteiger partial charge in [-0.15, -0.1) is 0 Å². The highest BCUT2D eigenvalue weighted by molar-refractivity contribution is 7.18. The van der Waals surface area contributed by atoms with Gasteiger partial charge in [0.25, 0.3) is 11.5 Å². The van der Waals surface area contributed by atoms with Gasteiger partial charge in [0.05, 0.1) is 18.5 Å². The Morgan fingerprint density at radius 2 is 1.94 bits per heavy atom. The van der Waals surface area contributed by atoms with E-state index in [0.29, 0.717) is 28.8 Å². The van der Waals surface area contributed by atoms with Gasteiger partial charge in [-0.1, -0.05) is 47.7 Å². The number of fused-ring (bicyclic) bond motifs is 4. The van der Waals surface area contributed by atoms with E-state index in [1.54, 1.807) is 18.4 Å². The Kier molecular flexibility index (Phi) is 5.30. The van der Waals surface area contributed by atoms with Gasteiger partial charge in [0, 0.05) is 42.9 Å². The van der Waals surface area contributed by atoms with Crippen molar-refractivity contribution in [3.05, 3.63) is 93.6 Å². The summed E-state index contributed by atoms with van der Waals surface area (Å²) in [5.74, 6) is 1.21. The Balaban J connectivity index is 1.32. The topological polar surface area (TPSA) is 80.4 Å². The highest BCUT2D eigenvalue weighted by atomic mass is 32.1. The summed E-state index contributed by atoms with van der Waals surface area (Å²) < 4.78 is 7.29. The summed E-state index contributed by atoms with van der Waals surface area (Å²) in [6.45, 7) is 2.67. The van der Waals surface area contributed by atoms with E-state index in [4.69, 9.17) is 9.40 Å². The van der Waals surface area contributed by atoms with Crippen LogP contribution in [0.15, 0.2) is 76.1 Å². The molecule has 1 saturated heterocycles. The number of carbonyl (C=O) groups excluding carboxylic acids is 1. The minimum atomic E-state index is -0.159. The van der Waals surface area contributed by atoms with Crippen LogP contribution in [-0.4, -0.2) is 28.5 Å². The van der Waals surface area contributed by atoms with Crippen molar-refractivity contribution in [3.8, 4) is 11.3 Å². The van der Waals surface area contributed by atoms with E-state index in [1.165, 1.54) is 11.3 Å². The number of thiazole rings is 1. The predicted octanol–water partition coefficient (Wildman–Crippen LogP) is 4.12. The van der Waals surface area contributed by atoms with Crippen LogP contribution in [0.4, 0.5) is 5.13 Å². The van der Waals surface area contributed by atoms with Gasteiger partial charge in [-0.3, -0.25) is 9.59 Å². The molecule has 8 heteroatoms. The van der Waals surface area contributed by atoms with Gasteiger partial charge in [-0.05, 0) is 30.5 Å². The van der Waals surface area contributed by atoms with E-state index in [1.807, 2.05) is 47.0 Å². The van der Waals surface area contributed by atoms with Crippen LogP contribution in [-0.2, 0) is 13.1 Å². The smallest absolute Gasteiger partial charge is 0.264 e. The Hall–Kier alpha value is -3.65. The molecule has 2 atom stereocenters. The molecule has 172 valence electrons. The Morgan fingerprint density at radius 3 is 2.76 bits per heavy atom. The molecule has 2 aliphatic rings. The Bertz CT molecular complexity index is 1380. The maximum Gasteiger partial charge on any atom is 0.264 e. The molecule has 0 spiro atoms. The lowest BCUT2D eigenvalue weighted by atomic mass is 9.83. The minimum Gasteiger partial charge on any atom is -0.467 e. The second kappa shape index (κ2) is 8.61. The van der Waals surface area contributed by atoms with Crippen molar-refractivity contribution in [2.75, 3.05) is 18.0 Å². The van der Waals surface area contributed by atoms with E-state index in [9.17, 15) is 9.59 Å². The lowest BCUT2D eigenvalue weighted by molar-refractivity contribution is 0.0952. The average Bonchev–Trinajstić information content (AvgIpc) is 3.54. The first-order valence-electron chi connectivity index (χ1n) is 11.5. The highest BCUT2D eigenvalue weighted by Crippen LogP contribution is 2.40. The Morgan fingerprint density at radius 1 is 1.06 bits per heavy atom. The molecule has 0 aliphatic carbocycles. The molecule has 6 rings (SSSR count). The molecular weight excluding hydrogens is 448 g/mol. The van der Waals surface area contributed by atoms with Crippen LogP contribution < -0.4 is 15.8 Å². The molecule has 1 fully saturated rings. The fourth-order valence-electron chi connectivity index (χ4n) is 5.10. The number of rotatable bonds is 5. The third-order valence-corrected chi connectivity index (χ3v) is 7.74. The lowest BCUT2D eigenvalue weighted by Crippen LogP contribution is -2.47. The van der Waals surface area contributed by atoms with Crippen molar-refractivity contribution in [1.29, 1.82) is 0 Å². The standard InChI is InChI=1S/C26H24N4O3S/c31-22-10-4-9-21-19-12-17(15-30(21)22)14-29(16-19)26-28-23(18-6-2-1-3-7-18)24(34-26)25(32)27-13-20-8-5-11-33-20/h1-11,17,19H,12-16H2,(H,27,32). The molecule has 2 unspecified atom stereocenters. The first-order chi connectivity index (χ1) is 16.7. The van der Waals surface area contributed by atoms with Crippen molar-refractivity contribution in [2.24, 2.45) is 5.92 Å². The second-order valence-electron chi connectivity index (χ2n) is 8.91. The fraction of sp³-hybridized carbons (Fsp3) is 0.269. The largest absolute Gasteiger partial charge is 0.467 e. The second-order valence-corrected chi connectivity index (χ2v) is 9.88. The number of nitrogens with one attached hydrogen (secondary N) is 1. The van der Waals surface area contributed by atoms with Crippen molar-refractivity contribution >= 4 is 22.4 Å². The number of nitrogens with zero attached hydrogens (tertiary/aromatic N) is 3. The van der Waals surface area contributed by atoms with Crippen molar-refractivity contribution < 1.29 is 9.21 Å². The number of furan rings is 1. The van der Waals surface area contributed by atoms with Gasteiger partial charge in [-0.25, -0.2) is 4.98 Å². The van der Waals surface area contributed by atoms with E-state index >= 15 is 0 Å². The third kappa shape index (κ3) is 3.84. The van der Waals surface area contributed by atoms with Crippen LogP contribution in [0, 0.1) is 5.92 Å². The molecule has 1 amide bonds. The first kappa shape index (κ1) is 20.9. The Labute approximate surface area is 200 Å². The van der Waals surface area contributed by atoms with Crippen molar-refractivity contribution in [2.45, 2.75) is 25.4 Å². The molecule has 4 aromatic rings. The molecule has 2 bridgehead atoms. The maximum absolute atomic E-state index is 13.2. The normalized spacial score (nSPS) is 19.0. The number of amides is 1. The third-order valence-electron chi connectivity index (χ3n) is 6.62. The zero-order valence-corrected chi connectivity index (χ0v) is 19.3. The van der Waals surface area contributed by atoms with Gasteiger partial charge in [0.2, 0.25) is 0 Å². The molecule has 5 heterocycles. The van der Waals surface area contributed by atoms with E-state index in [-0.39, 0.29) is 17.4 Å². The van der Waals surface area contributed by atoms with Crippen molar-refractivity contribution in [3.63, 3.8) is 0 Å². The maximum atomic E-state index is 13.2. The minimum absolute atomic E-state index is 0.0803. The molecule has 0 radical (unpaired) electrons. The van der Waals surface area contributed by atoms with Gasteiger partial charge in [0.15, 0.2) is 5.13 Å². The predicted molar refractivity (Wildman–Crippen MR) is 131 cm³/mol. The monoisotopic (exact) mass is 472 g/mol. The van der Waals surface area contributed by atoms with E-state index in [2.05, 4.69) is 16.3 Å². The van der Waals surface area contributed by atoms with Crippen LogP contribution in [0.3, 0.4) is 0 Å². The van der Waals surface area contributed by atoms with Gasteiger partial charge < -0.3 is 19.2 Å². The quantitative estimate of drug-likeness (QED) is 0.473. The summed E-state index contributed by atoms with van der Waals surface area (Å²) in [7, 11) is 0. The van der Waals surface area contributed by atoms with Crippen LogP contribution >= 0.6 is 11.3 Å². The number of hydrogen-bond acceptors (Lipinski definition) is 6. The van der Waals surface area contributed by atoms with Crippen LogP contribution in [0.1, 0.15) is 33.5 Å². The average molecular weight is 473 g/mol. The lowest BCUT2D eigenvalue weighted by Gasteiger charge is -2.42. The molecule has 2 aliphatic heterocycles. The van der Waals surface area contributed by atoms with Crippen LogP contribution in [0.25, 0.3) is 11.3 Å². The van der Waals surface area contributed by atoms with E-state index < -0.39 is 0 Å². The summed E-state index contributed by atoms with van der Waals surface area (Å²) in [6, 6.07) is 19.0. The first-order valence-corrected chi connectivity index (χ1v) is 12.3. The number of aromatic nitrogens is 2.